The largest absolute Gasteiger partial charge is 0.303 e. The molecule has 0 unspecified atom stereocenters. The minimum Gasteiger partial charge on any atom is -0.303 e. The molecule has 1 aromatic carbocycles. The number of benzene rings is 1. The minimum atomic E-state index is -0.732. The number of rotatable bonds is 8. The molecule has 0 N–H and O–H groups in total. The second-order valence-corrected chi connectivity index (χ2v) is 7.70. The first-order chi connectivity index (χ1) is 15.3. The Morgan fingerprint density at radius 2 is 1.69 bits per heavy atom. The first-order valence-corrected chi connectivity index (χ1v) is 11.3. The van der Waals surface area contributed by atoms with Gasteiger partial charge < -0.3 is 4.40 Å². The summed E-state index contributed by atoms with van der Waals surface area (Å²) >= 11 is 0. The zero-order valence-corrected chi connectivity index (χ0v) is 19.8. The summed E-state index contributed by atoms with van der Waals surface area (Å²) in [6.45, 7) is 11.1. The van der Waals surface area contributed by atoms with Gasteiger partial charge in [0.05, 0.1) is 17.0 Å². The second-order valence-electron chi connectivity index (χ2n) is 7.70. The Morgan fingerprint density at radius 3 is 2.31 bits per heavy atom. The number of carbonyl (C=O) groups excluding carboxylic acids is 2. The number of carbonyl (C=O) groups is 2. The van der Waals surface area contributed by atoms with Gasteiger partial charge in [0.25, 0.3) is 0 Å². The first kappa shape index (κ1) is 25.4. The number of hydrogen-bond donors (Lipinski definition) is 0. The highest BCUT2D eigenvalue weighted by atomic mass is 19.1. The topological polar surface area (TPSA) is 51.4 Å². The number of nitrogens with zero attached hydrogens (tertiary/aromatic N) is 2. The number of pyridine rings is 1. The lowest BCUT2D eigenvalue weighted by Crippen LogP contribution is -2.09. The molecule has 0 atom stereocenters. The summed E-state index contributed by atoms with van der Waals surface area (Å²) in [6, 6.07) is 4.67. The van der Waals surface area contributed by atoms with Crippen LogP contribution in [0.4, 0.5) is 8.78 Å². The Bertz CT molecular complexity index is 1130. The smallest absolute Gasteiger partial charge is 0.165 e. The van der Waals surface area contributed by atoms with Crippen LogP contribution in [0.5, 0.6) is 0 Å². The summed E-state index contributed by atoms with van der Waals surface area (Å²) < 4.78 is 32.0. The van der Waals surface area contributed by atoms with Gasteiger partial charge in [0.1, 0.15) is 23.1 Å². The number of Topliss-reactive ketones (excluding diaryl/α,β-unsaturated/α-hetero) is 2. The van der Waals surface area contributed by atoms with Crippen molar-refractivity contribution in [3.8, 4) is 11.3 Å². The number of imidazole rings is 1. The number of halogens is 2. The van der Waals surface area contributed by atoms with Crippen LogP contribution in [-0.4, -0.2) is 21.0 Å². The Hall–Kier alpha value is -2.89. The van der Waals surface area contributed by atoms with Crippen molar-refractivity contribution in [3.05, 3.63) is 58.4 Å². The number of ketones is 2. The number of hydrogen-bond acceptors (Lipinski definition) is 3. The van der Waals surface area contributed by atoms with Gasteiger partial charge in [0.15, 0.2) is 5.78 Å². The van der Waals surface area contributed by atoms with Crippen molar-refractivity contribution < 1.29 is 18.4 Å². The monoisotopic (exact) mass is 442 g/mol. The molecule has 0 saturated heterocycles. The molecule has 0 amide bonds. The highest BCUT2D eigenvalue weighted by Crippen LogP contribution is 2.34. The van der Waals surface area contributed by atoms with Gasteiger partial charge in [-0.1, -0.05) is 27.7 Å². The van der Waals surface area contributed by atoms with Crippen molar-refractivity contribution in [2.75, 3.05) is 0 Å². The summed E-state index contributed by atoms with van der Waals surface area (Å²) in [7, 11) is 0. The van der Waals surface area contributed by atoms with Gasteiger partial charge in [0, 0.05) is 31.0 Å². The third kappa shape index (κ3) is 5.12. The Labute approximate surface area is 188 Å². The second kappa shape index (κ2) is 11.1. The van der Waals surface area contributed by atoms with Crippen LogP contribution >= 0.6 is 0 Å². The van der Waals surface area contributed by atoms with Crippen LogP contribution in [0.25, 0.3) is 16.9 Å². The highest BCUT2D eigenvalue weighted by molar-refractivity contribution is 5.97. The molecule has 2 heterocycles. The molecule has 4 nitrogen and oxygen atoms in total. The van der Waals surface area contributed by atoms with E-state index >= 15 is 8.78 Å². The van der Waals surface area contributed by atoms with Crippen molar-refractivity contribution >= 4 is 17.2 Å². The van der Waals surface area contributed by atoms with Crippen molar-refractivity contribution in [2.24, 2.45) is 0 Å². The van der Waals surface area contributed by atoms with Crippen LogP contribution in [-0.2, 0) is 11.2 Å². The molecule has 0 aliphatic heterocycles. The summed E-state index contributed by atoms with van der Waals surface area (Å²) in [4.78, 5) is 29.2. The van der Waals surface area contributed by atoms with Crippen LogP contribution in [0.3, 0.4) is 0 Å². The maximum atomic E-state index is 15.2. The van der Waals surface area contributed by atoms with Crippen molar-refractivity contribution in [1.82, 2.24) is 9.38 Å². The predicted octanol–water partition coefficient (Wildman–Crippen LogP) is 6.82. The maximum absolute atomic E-state index is 15.2. The number of aromatic nitrogens is 2. The minimum absolute atomic E-state index is 0.00111. The van der Waals surface area contributed by atoms with Gasteiger partial charge in [-0.25, -0.2) is 13.8 Å². The summed E-state index contributed by atoms with van der Waals surface area (Å²) in [5.41, 5.74) is 2.09. The molecular weight excluding hydrogens is 410 g/mol. The first-order valence-electron chi connectivity index (χ1n) is 11.3. The molecular formula is C26H32F2N2O2. The summed E-state index contributed by atoms with van der Waals surface area (Å²) in [6.07, 6.45) is 3.68. The summed E-state index contributed by atoms with van der Waals surface area (Å²) in [5.74, 6) is -1.86. The molecule has 2 aromatic heterocycles. The maximum Gasteiger partial charge on any atom is 0.165 e. The normalized spacial score (nSPS) is 10.8. The number of fused-ring (bicyclic) bond motifs is 1. The van der Waals surface area contributed by atoms with Crippen LogP contribution in [0, 0.1) is 25.5 Å². The Balaban J connectivity index is 0.00000176. The molecule has 0 spiro atoms. The Morgan fingerprint density at radius 1 is 1.03 bits per heavy atom. The van der Waals surface area contributed by atoms with Crippen LogP contribution < -0.4 is 0 Å². The summed E-state index contributed by atoms with van der Waals surface area (Å²) in [5, 5.41) is 0. The molecule has 172 valence electrons. The van der Waals surface area contributed by atoms with Crippen molar-refractivity contribution in [3.63, 3.8) is 0 Å². The van der Waals surface area contributed by atoms with Gasteiger partial charge in [-0.3, -0.25) is 9.59 Å². The van der Waals surface area contributed by atoms with E-state index in [1.165, 1.54) is 6.92 Å². The van der Waals surface area contributed by atoms with E-state index in [1.807, 2.05) is 46.8 Å². The molecule has 0 aliphatic rings. The SMILES string of the molecule is CC.CCCC(=O)Cc1c(-c2c(F)cc(C(=O)CCC)c(F)c2C)nc2cc(C)ccn12. The van der Waals surface area contributed by atoms with Crippen molar-refractivity contribution in [1.29, 1.82) is 0 Å². The Kier molecular flexibility index (Phi) is 8.81. The lowest BCUT2D eigenvalue weighted by molar-refractivity contribution is -0.118. The van der Waals surface area contributed by atoms with E-state index in [0.29, 0.717) is 30.6 Å². The quantitative estimate of drug-likeness (QED) is 0.360. The van der Waals surface area contributed by atoms with E-state index in [1.54, 1.807) is 10.6 Å². The average Bonchev–Trinajstić information content (AvgIpc) is 3.09. The van der Waals surface area contributed by atoms with E-state index in [4.69, 9.17) is 0 Å². The van der Waals surface area contributed by atoms with Crippen LogP contribution in [0.1, 0.15) is 80.6 Å². The van der Waals surface area contributed by atoms with Crippen molar-refractivity contribution in [2.45, 2.75) is 73.6 Å². The van der Waals surface area contributed by atoms with Gasteiger partial charge in [-0.05, 0) is 56.0 Å². The lowest BCUT2D eigenvalue weighted by atomic mass is 9.95. The third-order valence-electron chi connectivity index (χ3n) is 5.24. The highest BCUT2D eigenvalue weighted by Gasteiger charge is 2.25. The molecule has 0 fully saturated rings. The van der Waals surface area contributed by atoms with E-state index in [9.17, 15) is 9.59 Å². The molecule has 0 aliphatic carbocycles. The van der Waals surface area contributed by atoms with E-state index in [-0.39, 0.29) is 41.0 Å². The molecule has 3 rings (SSSR count). The van der Waals surface area contributed by atoms with E-state index < -0.39 is 17.4 Å². The fraction of sp³-hybridized carbons (Fsp3) is 0.423. The van der Waals surface area contributed by atoms with Crippen LogP contribution in [0.2, 0.25) is 0 Å². The lowest BCUT2D eigenvalue weighted by Gasteiger charge is -2.12. The van der Waals surface area contributed by atoms with Gasteiger partial charge in [-0.15, -0.1) is 0 Å². The fourth-order valence-electron chi connectivity index (χ4n) is 3.73. The molecule has 0 saturated carbocycles. The van der Waals surface area contributed by atoms with Crippen LogP contribution in [0.15, 0.2) is 24.4 Å². The zero-order valence-electron chi connectivity index (χ0n) is 19.8. The van der Waals surface area contributed by atoms with E-state index in [2.05, 4.69) is 4.98 Å². The molecule has 0 radical (unpaired) electrons. The van der Waals surface area contributed by atoms with Gasteiger partial charge in [0.2, 0.25) is 0 Å². The standard InChI is InChI=1S/C24H26F2N2O2.C2H6/c1-5-7-16(29)12-19-24(27-21-11-14(3)9-10-28(19)21)22-15(4)23(26)17(13-18(22)25)20(30)8-6-2;1-2/h9-11,13H,5-8,12H2,1-4H3;1-2H3. The van der Waals surface area contributed by atoms with E-state index in [0.717, 1.165) is 11.6 Å². The molecule has 0 bridgehead atoms. The third-order valence-corrected chi connectivity index (χ3v) is 5.24. The predicted molar refractivity (Wildman–Crippen MR) is 124 cm³/mol. The average molecular weight is 443 g/mol. The molecule has 3 aromatic rings. The van der Waals surface area contributed by atoms with Gasteiger partial charge in [-0.2, -0.15) is 0 Å². The fourth-order valence-corrected chi connectivity index (χ4v) is 3.73. The number of aryl methyl sites for hydroxylation is 1. The molecule has 32 heavy (non-hydrogen) atoms. The molecule has 6 heteroatoms. The van der Waals surface area contributed by atoms with Gasteiger partial charge >= 0.3 is 0 Å². The zero-order chi connectivity index (χ0) is 24.0.